The summed E-state index contributed by atoms with van der Waals surface area (Å²) in [5.74, 6) is -0.346. The first-order valence-corrected chi connectivity index (χ1v) is 11.3. The Morgan fingerprint density at radius 1 is 1.33 bits per heavy atom. The lowest BCUT2D eigenvalue weighted by Gasteiger charge is -2.29. The van der Waals surface area contributed by atoms with E-state index in [2.05, 4.69) is 14.9 Å². The highest BCUT2D eigenvalue weighted by molar-refractivity contribution is 6.31. The molecule has 3 aromatic rings. The zero-order chi connectivity index (χ0) is 22.0. The molecule has 2 N–H and O–H groups in total. The van der Waals surface area contributed by atoms with Crippen molar-refractivity contribution in [3.63, 3.8) is 0 Å². The van der Waals surface area contributed by atoms with Crippen LogP contribution >= 0.6 is 36.4 Å². The topological polar surface area (TPSA) is 81.3 Å². The van der Waals surface area contributed by atoms with Crippen molar-refractivity contribution in [2.75, 3.05) is 13.2 Å². The molecular weight excluding hydrogens is 487 g/mol. The summed E-state index contributed by atoms with van der Waals surface area (Å²) in [6.07, 6.45) is 7.20. The molecule has 4 rings (SSSR count). The average molecular weight is 518 g/mol. The minimum absolute atomic E-state index is 0. The van der Waals surface area contributed by atoms with E-state index in [1.165, 1.54) is 0 Å². The van der Waals surface area contributed by atoms with Gasteiger partial charge in [-0.3, -0.25) is 0 Å². The lowest BCUT2D eigenvalue weighted by molar-refractivity contribution is 0.0515. The normalized spacial score (nSPS) is 17.9. The summed E-state index contributed by atoms with van der Waals surface area (Å²) in [7, 11) is 1.83. The minimum Gasteiger partial charge on any atom is -0.461 e. The molecule has 0 radical (unpaired) electrons. The highest BCUT2D eigenvalue weighted by Gasteiger charge is 2.22. The van der Waals surface area contributed by atoms with Crippen LogP contribution in [0.5, 0.6) is 0 Å². The standard InChI is InChI=1S/C23H29ClN4O3.2ClH/c1-3-31-23(30)20-10-15(13-27(20)2)17-11-16(24)12-19-22(17)28(14-26-19)9-5-6-18-21(29)7-4-8-25-18;;/h10-14,18,21,25,29H,3-9H2,1-2H3;2*1H/t18-,21+;;/m1../s1. The zero-order valence-electron chi connectivity index (χ0n) is 18.8. The fourth-order valence-electron chi connectivity index (χ4n) is 4.40. The van der Waals surface area contributed by atoms with Gasteiger partial charge in [-0.1, -0.05) is 11.6 Å². The number of halogens is 3. The minimum atomic E-state index is -0.346. The first kappa shape index (κ1) is 27.5. The van der Waals surface area contributed by atoms with Gasteiger partial charge in [-0.05, 0) is 57.4 Å². The third kappa shape index (κ3) is 6.03. The van der Waals surface area contributed by atoms with E-state index in [0.29, 0.717) is 17.3 Å². The third-order valence-corrected chi connectivity index (χ3v) is 6.16. The van der Waals surface area contributed by atoms with Gasteiger partial charge in [0, 0.05) is 42.0 Å². The molecule has 182 valence electrons. The third-order valence-electron chi connectivity index (χ3n) is 5.94. The maximum atomic E-state index is 12.3. The van der Waals surface area contributed by atoms with Gasteiger partial charge in [-0.2, -0.15) is 0 Å². The Kier molecular flexibility index (Phi) is 10.1. The second-order valence-electron chi connectivity index (χ2n) is 8.12. The largest absolute Gasteiger partial charge is 0.461 e. The van der Waals surface area contributed by atoms with Crippen LogP contribution in [0, 0.1) is 0 Å². The molecule has 2 atom stereocenters. The number of imidazole rings is 1. The van der Waals surface area contributed by atoms with Crippen LogP contribution in [0.4, 0.5) is 0 Å². The zero-order valence-corrected chi connectivity index (χ0v) is 21.2. The summed E-state index contributed by atoms with van der Waals surface area (Å²) in [5.41, 5.74) is 4.13. The van der Waals surface area contributed by atoms with Crippen molar-refractivity contribution < 1.29 is 14.6 Å². The molecule has 1 aromatic carbocycles. The van der Waals surface area contributed by atoms with Crippen LogP contribution in [0.2, 0.25) is 5.02 Å². The second-order valence-corrected chi connectivity index (χ2v) is 8.55. The molecule has 1 fully saturated rings. The van der Waals surface area contributed by atoms with Gasteiger partial charge in [-0.25, -0.2) is 9.78 Å². The number of piperidine rings is 1. The predicted molar refractivity (Wildman–Crippen MR) is 136 cm³/mol. The number of rotatable bonds is 7. The van der Waals surface area contributed by atoms with Gasteiger partial charge in [0.15, 0.2) is 0 Å². The number of benzene rings is 1. The summed E-state index contributed by atoms with van der Waals surface area (Å²) in [6.45, 7) is 3.88. The number of nitrogens with zero attached hydrogens (tertiary/aromatic N) is 3. The van der Waals surface area contributed by atoms with E-state index in [0.717, 1.165) is 60.9 Å². The number of carbonyl (C=O) groups is 1. The van der Waals surface area contributed by atoms with Crippen LogP contribution in [-0.2, 0) is 18.3 Å². The molecule has 3 heterocycles. The molecule has 0 saturated carbocycles. The number of fused-ring (bicyclic) bond motifs is 1. The van der Waals surface area contributed by atoms with Crippen molar-refractivity contribution in [3.8, 4) is 11.1 Å². The number of aliphatic hydroxyl groups excluding tert-OH is 1. The highest BCUT2D eigenvalue weighted by Crippen LogP contribution is 2.33. The smallest absolute Gasteiger partial charge is 0.354 e. The number of hydrogen-bond donors (Lipinski definition) is 2. The first-order valence-electron chi connectivity index (χ1n) is 10.9. The number of nitrogens with one attached hydrogen (secondary N) is 1. The number of aliphatic hydroxyl groups is 1. The molecule has 2 aromatic heterocycles. The number of aromatic nitrogens is 3. The fraction of sp³-hybridized carbons (Fsp3) is 0.478. The van der Waals surface area contributed by atoms with Crippen molar-refractivity contribution in [2.45, 2.75) is 51.3 Å². The number of ether oxygens (including phenoxy) is 1. The lowest BCUT2D eigenvalue weighted by atomic mass is 9.97. The molecular formula is C23H31Cl3N4O3. The van der Waals surface area contributed by atoms with Crippen LogP contribution in [0.15, 0.2) is 30.7 Å². The fourth-order valence-corrected chi connectivity index (χ4v) is 4.61. The number of esters is 1. The summed E-state index contributed by atoms with van der Waals surface area (Å²) in [4.78, 5) is 16.8. The maximum absolute atomic E-state index is 12.3. The average Bonchev–Trinajstić information content (AvgIpc) is 3.32. The first-order chi connectivity index (χ1) is 15.0. The van der Waals surface area contributed by atoms with E-state index in [4.69, 9.17) is 16.3 Å². The van der Waals surface area contributed by atoms with Crippen molar-refractivity contribution in [3.05, 3.63) is 41.4 Å². The Morgan fingerprint density at radius 2 is 2.12 bits per heavy atom. The predicted octanol–water partition coefficient (Wildman–Crippen LogP) is 4.61. The molecule has 0 amide bonds. The summed E-state index contributed by atoms with van der Waals surface area (Å²) < 4.78 is 9.07. The molecule has 0 spiro atoms. The van der Waals surface area contributed by atoms with E-state index < -0.39 is 0 Å². The van der Waals surface area contributed by atoms with Gasteiger partial charge in [0.25, 0.3) is 0 Å². The Hall–Kier alpha value is -1.77. The summed E-state index contributed by atoms with van der Waals surface area (Å²) >= 11 is 6.38. The molecule has 7 nitrogen and oxygen atoms in total. The van der Waals surface area contributed by atoms with Gasteiger partial charge < -0.3 is 24.3 Å². The van der Waals surface area contributed by atoms with E-state index >= 15 is 0 Å². The summed E-state index contributed by atoms with van der Waals surface area (Å²) in [6, 6.07) is 5.76. The van der Waals surface area contributed by atoms with Crippen molar-refractivity contribution in [2.24, 2.45) is 7.05 Å². The summed E-state index contributed by atoms with van der Waals surface area (Å²) in [5, 5.41) is 14.2. The van der Waals surface area contributed by atoms with Gasteiger partial charge >= 0.3 is 5.97 Å². The van der Waals surface area contributed by atoms with Gasteiger partial charge in [0.2, 0.25) is 0 Å². The van der Waals surface area contributed by atoms with Gasteiger partial charge in [0.1, 0.15) is 5.69 Å². The Bertz CT molecular complexity index is 1080. The second kappa shape index (κ2) is 12.1. The van der Waals surface area contributed by atoms with E-state index in [1.54, 1.807) is 11.5 Å². The van der Waals surface area contributed by atoms with Gasteiger partial charge in [0.05, 0.1) is 30.1 Å². The molecule has 10 heteroatoms. The van der Waals surface area contributed by atoms with Crippen LogP contribution in [0.3, 0.4) is 0 Å². The molecule has 1 aliphatic rings. The molecule has 1 aliphatic heterocycles. The monoisotopic (exact) mass is 516 g/mol. The number of hydrogen-bond acceptors (Lipinski definition) is 5. The van der Waals surface area contributed by atoms with Crippen LogP contribution < -0.4 is 5.32 Å². The molecule has 0 aliphatic carbocycles. The SMILES string of the molecule is CCOC(=O)c1cc(-c2cc(Cl)cc3ncn(CCC[C@H]4NCCC[C@@H]4O)c23)cn1C.Cl.Cl. The molecule has 33 heavy (non-hydrogen) atoms. The van der Waals surface area contributed by atoms with Crippen LogP contribution in [0.25, 0.3) is 22.2 Å². The van der Waals surface area contributed by atoms with Crippen molar-refractivity contribution in [1.82, 2.24) is 19.4 Å². The number of aryl methyl sites for hydroxylation is 2. The Balaban J connectivity index is 0.00000193. The van der Waals surface area contributed by atoms with Gasteiger partial charge in [-0.15, -0.1) is 24.8 Å². The van der Waals surface area contributed by atoms with E-state index in [-0.39, 0.29) is 42.9 Å². The molecule has 0 unspecified atom stereocenters. The lowest BCUT2D eigenvalue weighted by Crippen LogP contribution is -2.44. The van der Waals surface area contributed by atoms with Crippen molar-refractivity contribution >= 4 is 53.4 Å². The number of carbonyl (C=O) groups excluding carboxylic acids is 1. The Labute approximate surface area is 211 Å². The Morgan fingerprint density at radius 3 is 2.85 bits per heavy atom. The van der Waals surface area contributed by atoms with E-state index in [9.17, 15) is 9.90 Å². The molecule has 0 bridgehead atoms. The molecule has 1 saturated heterocycles. The van der Waals surface area contributed by atoms with Crippen LogP contribution in [-0.4, -0.2) is 50.5 Å². The maximum Gasteiger partial charge on any atom is 0.354 e. The van der Waals surface area contributed by atoms with Crippen LogP contribution in [0.1, 0.15) is 43.1 Å². The van der Waals surface area contributed by atoms with Crippen molar-refractivity contribution in [1.29, 1.82) is 0 Å². The quantitative estimate of drug-likeness (QED) is 0.447. The highest BCUT2D eigenvalue weighted by atomic mass is 35.5. The van der Waals surface area contributed by atoms with E-state index in [1.807, 2.05) is 37.8 Å².